The Morgan fingerprint density at radius 2 is 2.15 bits per heavy atom. The standard InChI is InChI=1S/C22H26N2O3/c1-4-16-10-11-20(25)24(14-16)13-12-18-17-8-6-7-9-19(17)23-21(18)15(3)22(26)27-5-2/h4,6-9,14-15,23H,1,5,10-13H2,2-3H3. The first-order valence-corrected chi connectivity index (χ1v) is 9.43. The van der Waals surface area contributed by atoms with Crippen LogP contribution in [-0.2, 0) is 20.7 Å². The van der Waals surface area contributed by atoms with Gasteiger partial charge < -0.3 is 14.6 Å². The maximum absolute atomic E-state index is 12.3. The van der Waals surface area contributed by atoms with Crippen LogP contribution in [0.5, 0.6) is 0 Å². The number of carbonyl (C=O) groups is 2. The van der Waals surface area contributed by atoms with E-state index < -0.39 is 0 Å². The van der Waals surface area contributed by atoms with Crippen LogP contribution in [0.25, 0.3) is 10.9 Å². The maximum atomic E-state index is 12.3. The summed E-state index contributed by atoms with van der Waals surface area (Å²) in [7, 11) is 0. The van der Waals surface area contributed by atoms with Crippen molar-refractivity contribution in [3.63, 3.8) is 0 Å². The van der Waals surface area contributed by atoms with Gasteiger partial charge in [0, 0.05) is 35.8 Å². The second kappa shape index (κ2) is 8.25. The van der Waals surface area contributed by atoms with Crippen molar-refractivity contribution in [3.8, 4) is 0 Å². The van der Waals surface area contributed by atoms with E-state index in [1.54, 1.807) is 11.0 Å². The SMILES string of the molecule is C=CC1=CN(CCc2c(C(C)C(=O)OCC)[nH]c3ccccc23)C(=O)CC1. The average Bonchev–Trinajstić information content (AvgIpc) is 3.05. The highest BCUT2D eigenvalue weighted by molar-refractivity contribution is 5.88. The number of nitrogens with one attached hydrogen (secondary N) is 1. The van der Waals surface area contributed by atoms with Gasteiger partial charge in [-0.15, -0.1) is 0 Å². The molecule has 0 saturated heterocycles. The zero-order chi connectivity index (χ0) is 19.4. The number of hydrogen-bond acceptors (Lipinski definition) is 3. The van der Waals surface area contributed by atoms with Gasteiger partial charge in [0.1, 0.15) is 0 Å². The number of amides is 1. The van der Waals surface area contributed by atoms with E-state index in [4.69, 9.17) is 4.74 Å². The second-order valence-corrected chi connectivity index (χ2v) is 6.78. The molecule has 0 fully saturated rings. The Morgan fingerprint density at radius 1 is 1.37 bits per heavy atom. The Balaban J connectivity index is 1.90. The minimum Gasteiger partial charge on any atom is -0.465 e. The first-order chi connectivity index (χ1) is 13.0. The van der Waals surface area contributed by atoms with E-state index in [9.17, 15) is 9.59 Å². The molecular formula is C22H26N2O3. The smallest absolute Gasteiger partial charge is 0.314 e. The molecule has 1 aromatic carbocycles. The van der Waals surface area contributed by atoms with Crippen molar-refractivity contribution in [2.24, 2.45) is 0 Å². The van der Waals surface area contributed by atoms with E-state index in [1.807, 2.05) is 44.3 Å². The molecule has 1 amide bonds. The molecule has 0 aliphatic carbocycles. The number of aromatic amines is 1. The van der Waals surface area contributed by atoms with E-state index in [2.05, 4.69) is 11.6 Å². The molecule has 1 aliphatic rings. The lowest BCUT2D eigenvalue weighted by Gasteiger charge is -2.24. The van der Waals surface area contributed by atoms with Crippen molar-refractivity contribution >= 4 is 22.8 Å². The molecule has 2 aromatic rings. The minimum atomic E-state index is -0.385. The fraction of sp³-hybridized carbons (Fsp3) is 0.364. The highest BCUT2D eigenvalue weighted by Crippen LogP contribution is 2.29. The molecular weight excluding hydrogens is 340 g/mol. The molecule has 2 heterocycles. The molecule has 1 aromatic heterocycles. The van der Waals surface area contributed by atoms with Crippen molar-refractivity contribution in [2.45, 2.75) is 39.0 Å². The Kier molecular flexibility index (Phi) is 5.79. The van der Waals surface area contributed by atoms with Gasteiger partial charge in [-0.1, -0.05) is 30.9 Å². The van der Waals surface area contributed by atoms with Crippen LogP contribution in [0.2, 0.25) is 0 Å². The summed E-state index contributed by atoms with van der Waals surface area (Å²) in [6.45, 7) is 8.40. The van der Waals surface area contributed by atoms with Crippen LogP contribution in [0, 0.1) is 0 Å². The van der Waals surface area contributed by atoms with Crippen LogP contribution >= 0.6 is 0 Å². The van der Waals surface area contributed by atoms with Gasteiger partial charge in [-0.05, 0) is 43.9 Å². The van der Waals surface area contributed by atoms with Crippen molar-refractivity contribution < 1.29 is 14.3 Å². The first-order valence-electron chi connectivity index (χ1n) is 9.43. The number of esters is 1. The highest BCUT2D eigenvalue weighted by Gasteiger charge is 2.24. The summed E-state index contributed by atoms with van der Waals surface area (Å²) < 4.78 is 5.21. The number of benzene rings is 1. The summed E-state index contributed by atoms with van der Waals surface area (Å²) >= 11 is 0. The number of hydrogen-bond donors (Lipinski definition) is 1. The lowest BCUT2D eigenvalue weighted by Crippen LogP contribution is -2.31. The Morgan fingerprint density at radius 3 is 2.89 bits per heavy atom. The quantitative estimate of drug-likeness (QED) is 0.752. The third kappa shape index (κ3) is 3.97. The summed E-state index contributed by atoms with van der Waals surface area (Å²) in [4.78, 5) is 29.7. The molecule has 1 aliphatic heterocycles. The molecule has 0 radical (unpaired) electrons. The Bertz CT molecular complexity index is 894. The molecule has 1 unspecified atom stereocenters. The molecule has 1 N–H and O–H groups in total. The Hall–Kier alpha value is -2.82. The van der Waals surface area contributed by atoms with Gasteiger partial charge in [-0.3, -0.25) is 9.59 Å². The van der Waals surface area contributed by atoms with Crippen molar-refractivity contribution in [1.82, 2.24) is 9.88 Å². The predicted molar refractivity (Wildman–Crippen MR) is 106 cm³/mol. The van der Waals surface area contributed by atoms with Gasteiger partial charge in [0.25, 0.3) is 0 Å². The summed E-state index contributed by atoms with van der Waals surface area (Å²) in [5, 5.41) is 1.08. The number of fused-ring (bicyclic) bond motifs is 1. The highest BCUT2D eigenvalue weighted by atomic mass is 16.5. The van der Waals surface area contributed by atoms with Crippen LogP contribution in [0.1, 0.15) is 43.9 Å². The lowest BCUT2D eigenvalue weighted by molar-refractivity contribution is -0.144. The molecule has 5 heteroatoms. The van der Waals surface area contributed by atoms with Crippen LogP contribution in [0.15, 0.2) is 48.7 Å². The molecule has 27 heavy (non-hydrogen) atoms. The zero-order valence-electron chi connectivity index (χ0n) is 16.0. The topological polar surface area (TPSA) is 62.4 Å². The fourth-order valence-corrected chi connectivity index (χ4v) is 3.55. The monoisotopic (exact) mass is 366 g/mol. The third-order valence-corrected chi connectivity index (χ3v) is 5.05. The number of ether oxygens (including phenoxy) is 1. The van der Waals surface area contributed by atoms with E-state index >= 15 is 0 Å². The van der Waals surface area contributed by atoms with Crippen LogP contribution in [-0.4, -0.2) is 34.9 Å². The van der Waals surface area contributed by atoms with Gasteiger partial charge in [0.15, 0.2) is 0 Å². The number of rotatable bonds is 7. The molecule has 0 bridgehead atoms. The van der Waals surface area contributed by atoms with Crippen molar-refractivity contribution in [2.75, 3.05) is 13.2 Å². The first kappa shape index (κ1) is 19.0. The van der Waals surface area contributed by atoms with E-state index in [-0.39, 0.29) is 17.8 Å². The van der Waals surface area contributed by atoms with Crippen LogP contribution < -0.4 is 0 Å². The molecule has 3 rings (SSSR count). The number of H-pyrrole nitrogens is 1. The van der Waals surface area contributed by atoms with Gasteiger partial charge in [-0.2, -0.15) is 0 Å². The minimum absolute atomic E-state index is 0.125. The number of allylic oxidation sites excluding steroid dienone is 2. The third-order valence-electron chi connectivity index (χ3n) is 5.05. The van der Waals surface area contributed by atoms with Gasteiger partial charge in [-0.25, -0.2) is 0 Å². The summed E-state index contributed by atoms with van der Waals surface area (Å²) in [6, 6.07) is 8.00. The van der Waals surface area contributed by atoms with Crippen molar-refractivity contribution in [1.29, 1.82) is 0 Å². The maximum Gasteiger partial charge on any atom is 0.314 e. The Labute approximate surface area is 159 Å². The van der Waals surface area contributed by atoms with E-state index in [0.29, 0.717) is 26.0 Å². The summed E-state index contributed by atoms with van der Waals surface area (Å²) in [6.07, 6.45) is 5.62. The number of para-hydroxylation sites is 1. The van der Waals surface area contributed by atoms with Crippen LogP contribution in [0.4, 0.5) is 0 Å². The normalized spacial score (nSPS) is 15.6. The van der Waals surface area contributed by atoms with Gasteiger partial charge in [0.05, 0.1) is 12.5 Å². The zero-order valence-corrected chi connectivity index (χ0v) is 16.0. The average molecular weight is 366 g/mol. The van der Waals surface area contributed by atoms with Crippen LogP contribution in [0.3, 0.4) is 0 Å². The van der Waals surface area contributed by atoms with Gasteiger partial charge in [0.2, 0.25) is 5.91 Å². The van der Waals surface area contributed by atoms with Crippen molar-refractivity contribution in [3.05, 3.63) is 60.0 Å². The molecule has 0 spiro atoms. The predicted octanol–water partition coefficient (Wildman–Crippen LogP) is 4.07. The summed E-state index contributed by atoms with van der Waals surface area (Å²) in [5.74, 6) is -0.502. The summed E-state index contributed by atoms with van der Waals surface area (Å²) in [5.41, 5.74) is 4.00. The molecule has 0 saturated carbocycles. The number of aromatic nitrogens is 1. The molecule has 5 nitrogen and oxygen atoms in total. The number of nitrogens with zero attached hydrogens (tertiary/aromatic N) is 1. The van der Waals surface area contributed by atoms with E-state index in [1.165, 1.54) is 0 Å². The lowest BCUT2D eigenvalue weighted by atomic mass is 9.99. The number of carbonyl (C=O) groups excluding carboxylic acids is 2. The van der Waals surface area contributed by atoms with E-state index in [0.717, 1.165) is 34.2 Å². The molecule has 142 valence electrons. The second-order valence-electron chi connectivity index (χ2n) is 6.78. The fourth-order valence-electron chi connectivity index (χ4n) is 3.55. The largest absolute Gasteiger partial charge is 0.465 e. The van der Waals surface area contributed by atoms with Gasteiger partial charge >= 0.3 is 5.97 Å². The molecule has 1 atom stereocenters.